The Hall–Kier alpha value is -2.50. The average Bonchev–Trinajstić information content (AvgIpc) is 3.22. The maximum Gasteiger partial charge on any atom is 0.243 e. The van der Waals surface area contributed by atoms with E-state index in [1.807, 2.05) is 13.8 Å². The van der Waals surface area contributed by atoms with Gasteiger partial charge in [-0.3, -0.25) is 9.69 Å². The number of sulfonamides is 1. The zero-order valence-corrected chi connectivity index (χ0v) is 19.7. The first-order valence-electron chi connectivity index (χ1n) is 10.9. The lowest BCUT2D eigenvalue weighted by molar-refractivity contribution is -0.117. The van der Waals surface area contributed by atoms with Crippen molar-refractivity contribution < 1.29 is 22.5 Å². The van der Waals surface area contributed by atoms with Crippen molar-refractivity contribution in [1.82, 2.24) is 19.3 Å². The third-order valence-electron chi connectivity index (χ3n) is 5.12. The molecular weight excluding hydrogens is 434 g/mol. The number of piperidine rings is 1. The van der Waals surface area contributed by atoms with E-state index in [2.05, 4.69) is 15.5 Å². The lowest BCUT2D eigenvalue weighted by Gasteiger charge is -2.26. The van der Waals surface area contributed by atoms with Crippen LogP contribution in [-0.4, -0.2) is 67.0 Å². The number of nitrogens with zero attached hydrogens (tertiary/aromatic N) is 4. The van der Waals surface area contributed by atoms with Crippen LogP contribution in [0.1, 0.15) is 44.8 Å². The van der Waals surface area contributed by atoms with Gasteiger partial charge in [0.1, 0.15) is 5.75 Å². The zero-order chi connectivity index (χ0) is 23.1. The number of aromatic nitrogens is 2. The summed E-state index contributed by atoms with van der Waals surface area (Å²) in [7, 11) is -1.87. The Morgan fingerprint density at radius 3 is 2.66 bits per heavy atom. The largest absolute Gasteiger partial charge is 0.492 e. The van der Waals surface area contributed by atoms with E-state index in [0.717, 1.165) is 19.3 Å². The molecule has 176 valence electrons. The molecule has 2 aromatic rings. The van der Waals surface area contributed by atoms with E-state index in [9.17, 15) is 13.2 Å². The number of amides is 1. The Morgan fingerprint density at radius 1 is 1.25 bits per heavy atom. The van der Waals surface area contributed by atoms with E-state index in [4.69, 9.17) is 9.26 Å². The van der Waals surface area contributed by atoms with E-state index >= 15 is 0 Å². The zero-order valence-electron chi connectivity index (χ0n) is 18.8. The predicted molar refractivity (Wildman–Crippen MR) is 119 cm³/mol. The van der Waals surface area contributed by atoms with Crippen LogP contribution in [0.5, 0.6) is 5.75 Å². The summed E-state index contributed by atoms with van der Waals surface area (Å²) in [5.41, 5.74) is 0.328. The lowest BCUT2D eigenvalue weighted by atomic mass is 10.2. The Kier molecular flexibility index (Phi) is 8.21. The molecule has 0 unspecified atom stereocenters. The first-order chi connectivity index (χ1) is 15.3. The maximum absolute atomic E-state index is 13.0. The number of anilines is 1. The summed E-state index contributed by atoms with van der Waals surface area (Å²) >= 11 is 0. The van der Waals surface area contributed by atoms with E-state index in [-0.39, 0.29) is 17.3 Å². The summed E-state index contributed by atoms with van der Waals surface area (Å²) in [6, 6.07) is 4.58. The molecule has 1 aromatic carbocycles. The Morgan fingerprint density at radius 2 is 2.00 bits per heavy atom. The van der Waals surface area contributed by atoms with Gasteiger partial charge in [-0.2, -0.15) is 9.29 Å². The molecule has 0 saturated carbocycles. The smallest absolute Gasteiger partial charge is 0.243 e. The second-order valence-corrected chi connectivity index (χ2v) is 9.67. The van der Waals surface area contributed by atoms with Crippen molar-refractivity contribution in [1.29, 1.82) is 0 Å². The Labute approximate surface area is 189 Å². The summed E-state index contributed by atoms with van der Waals surface area (Å²) in [6.45, 7) is 5.54. The van der Waals surface area contributed by atoms with Crippen LogP contribution in [0, 0.1) is 0 Å². The molecule has 0 spiro atoms. The number of nitrogens with one attached hydrogen (secondary N) is 1. The standard InChI is InChI=1S/C21H31N5O5S/c1-4-19-23-21(31-24-19)15-25(3)14-20(27)22-17-13-16(9-10-18(17)30-5-2)32(28,29)26-11-7-6-8-12-26/h9-10,13H,4-8,11-12,14-15H2,1-3H3,(H,22,27). The predicted octanol–water partition coefficient (Wildman–Crippen LogP) is 2.28. The van der Waals surface area contributed by atoms with Crippen LogP contribution >= 0.6 is 0 Å². The average molecular weight is 466 g/mol. The molecule has 0 bridgehead atoms. The summed E-state index contributed by atoms with van der Waals surface area (Å²) in [5.74, 6) is 1.16. The number of benzene rings is 1. The van der Waals surface area contributed by atoms with E-state index in [1.54, 1.807) is 18.0 Å². The minimum Gasteiger partial charge on any atom is -0.492 e. The van der Waals surface area contributed by atoms with Gasteiger partial charge in [0.15, 0.2) is 5.82 Å². The number of carbonyl (C=O) groups is 1. The Bertz CT molecular complexity index is 1020. The number of ether oxygens (including phenoxy) is 1. The van der Waals surface area contributed by atoms with Crippen LogP contribution in [0.2, 0.25) is 0 Å². The third kappa shape index (κ3) is 6.05. The van der Waals surface area contributed by atoms with Crippen LogP contribution in [0.25, 0.3) is 0 Å². The number of aryl methyl sites for hydroxylation is 1. The lowest BCUT2D eigenvalue weighted by Crippen LogP contribution is -2.35. The van der Waals surface area contributed by atoms with Gasteiger partial charge in [-0.15, -0.1) is 0 Å². The number of rotatable bonds is 10. The van der Waals surface area contributed by atoms with Gasteiger partial charge >= 0.3 is 0 Å². The highest BCUT2D eigenvalue weighted by molar-refractivity contribution is 7.89. The number of hydrogen-bond acceptors (Lipinski definition) is 8. The van der Waals surface area contributed by atoms with Gasteiger partial charge in [0.05, 0.1) is 30.3 Å². The fourth-order valence-electron chi connectivity index (χ4n) is 3.52. The van der Waals surface area contributed by atoms with Crippen molar-refractivity contribution >= 4 is 21.6 Å². The number of hydrogen-bond donors (Lipinski definition) is 1. The minimum atomic E-state index is -3.63. The molecule has 2 heterocycles. The minimum absolute atomic E-state index is 0.0541. The van der Waals surface area contributed by atoms with Gasteiger partial charge in [0, 0.05) is 19.5 Å². The van der Waals surface area contributed by atoms with Gasteiger partial charge in [0.2, 0.25) is 21.8 Å². The second kappa shape index (κ2) is 10.9. The summed E-state index contributed by atoms with van der Waals surface area (Å²) < 4.78 is 38.3. The van der Waals surface area contributed by atoms with Crippen molar-refractivity contribution in [3.05, 3.63) is 29.9 Å². The highest BCUT2D eigenvalue weighted by Crippen LogP contribution is 2.30. The van der Waals surface area contributed by atoms with Gasteiger partial charge in [-0.25, -0.2) is 8.42 Å². The quantitative estimate of drug-likeness (QED) is 0.568. The second-order valence-electron chi connectivity index (χ2n) is 7.73. The molecule has 3 rings (SSSR count). The number of likely N-dealkylation sites (N-methyl/N-ethyl adjacent to an activating group) is 1. The third-order valence-corrected chi connectivity index (χ3v) is 7.02. The molecule has 1 aliphatic rings. The van der Waals surface area contributed by atoms with Crippen LogP contribution in [-0.2, 0) is 27.8 Å². The van der Waals surface area contributed by atoms with Gasteiger partial charge in [-0.05, 0) is 45.0 Å². The molecule has 10 nitrogen and oxygen atoms in total. The van der Waals surface area contributed by atoms with Crippen LogP contribution < -0.4 is 10.1 Å². The van der Waals surface area contributed by atoms with Crippen LogP contribution in [0.3, 0.4) is 0 Å². The molecule has 1 fully saturated rings. The maximum atomic E-state index is 13.0. The molecule has 0 aliphatic carbocycles. The van der Waals surface area contributed by atoms with E-state index in [1.165, 1.54) is 16.4 Å². The van der Waals surface area contributed by atoms with Crippen molar-refractivity contribution in [2.75, 3.05) is 38.6 Å². The fraction of sp³-hybridized carbons (Fsp3) is 0.571. The molecular formula is C21H31N5O5S. The normalized spacial score (nSPS) is 15.1. The first-order valence-corrected chi connectivity index (χ1v) is 12.3. The molecule has 0 atom stereocenters. The van der Waals surface area contributed by atoms with E-state index in [0.29, 0.717) is 55.8 Å². The summed E-state index contributed by atoms with van der Waals surface area (Å²) in [6.07, 6.45) is 3.41. The molecule has 1 aliphatic heterocycles. The van der Waals surface area contributed by atoms with Crippen molar-refractivity contribution in [3.63, 3.8) is 0 Å². The first kappa shape index (κ1) is 24.1. The van der Waals surface area contributed by atoms with E-state index < -0.39 is 10.0 Å². The molecule has 11 heteroatoms. The van der Waals surface area contributed by atoms with Gasteiger partial charge in [0.25, 0.3) is 0 Å². The molecule has 1 aromatic heterocycles. The number of carbonyl (C=O) groups excluding carboxylic acids is 1. The van der Waals surface area contributed by atoms with Crippen molar-refractivity contribution in [2.45, 2.75) is 51.0 Å². The highest BCUT2D eigenvalue weighted by Gasteiger charge is 2.27. The van der Waals surface area contributed by atoms with Crippen molar-refractivity contribution in [3.8, 4) is 5.75 Å². The molecule has 1 saturated heterocycles. The van der Waals surface area contributed by atoms with Crippen LogP contribution in [0.4, 0.5) is 5.69 Å². The van der Waals surface area contributed by atoms with Gasteiger partial charge in [-0.1, -0.05) is 18.5 Å². The topological polar surface area (TPSA) is 118 Å². The molecule has 0 radical (unpaired) electrons. The highest BCUT2D eigenvalue weighted by atomic mass is 32.2. The summed E-state index contributed by atoms with van der Waals surface area (Å²) in [4.78, 5) is 18.8. The van der Waals surface area contributed by atoms with Crippen LogP contribution in [0.15, 0.2) is 27.6 Å². The molecule has 32 heavy (non-hydrogen) atoms. The molecule has 1 amide bonds. The Balaban J connectivity index is 1.71. The van der Waals surface area contributed by atoms with Gasteiger partial charge < -0.3 is 14.6 Å². The summed E-state index contributed by atoms with van der Waals surface area (Å²) in [5, 5.41) is 6.64. The fourth-order valence-corrected chi connectivity index (χ4v) is 5.07. The van der Waals surface area contributed by atoms with Crippen molar-refractivity contribution in [2.24, 2.45) is 0 Å². The molecule has 1 N–H and O–H groups in total. The SMILES string of the molecule is CCOc1ccc(S(=O)(=O)N2CCCCC2)cc1NC(=O)CN(C)Cc1nc(CC)no1. The monoisotopic (exact) mass is 465 g/mol.